The molecule has 1 aliphatic heterocycles. The molecule has 1 aliphatic rings. The third kappa shape index (κ3) is 4.38. The minimum absolute atomic E-state index is 0.0727. The number of carbonyl (C=O) groups is 2. The summed E-state index contributed by atoms with van der Waals surface area (Å²) < 4.78 is 5.11. The zero-order valence-electron chi connectivity index (χ0n) is 12.9. The van der Waals surface area contributed by atoms with Crippen LogP contribution in [0.1, 0.15) is 18.4 Å². The Bertz CT molecular complexity index is 508. The molecule has 0 saturated carbocycles. The van der Waals surface area contributed by atoms with Crippen LogP contribution < -0.4 is 15.8 Å². The van der Waals surface area contributed by atoms with Crippen LogP contribution in [0.3, 0.4) is 0 Å². The highest BCUT2D eigenvalue weighted by Crippen LogP contribution is 2.16. The Kier molecular flexibility index (Phi) is 5.63. The lowest BCUT2D eigenvalue weighted by molar-refractivity contribution is -0.123. The zero-order chi connectivity index (χ0) is 15.9. The molecule has 6 heteroatoms. The van der Waals surface area contributed by atoms with Crippen LogP contribution in [0.4, 0.5) is 4.79 Å². The largest absolute Gasteiger partial charge is 0.497 e. The van der Waals surface area contributed by atoms with Gasteiger partial charge in [-0.1, -0.05) is 12.1 Å². The van der Waals surface area contributed by atoms with Crippen LogP contribution in [-0.4, -0.2) is 43.6 Å². The number of ether oxygens (including phenoxy) is 1. The lowest BCUT2D eigenvalue weighted by atomic mass is 9.96. The Morgan fingerprint density at radius 3 is 2.45 bits per heavy atom. The molecule has 0 radical (unpaired) electrons. The summed E-state index contributed by atoms with van der Waals surface area (Å²) in [4.78, 5) is 24.9. The van der Waals surface area contributed by atoms with E-state index in [9.17, 15) is 9.59 Å². The van der Waals surface area contributed by atoms with Crippen molar-refractivity contribution in [1.82, 2.24) is 10.2 Å². The first-order chi connectivity index (χ1) is 10.6. The average molecular weight is 305 g/mol. The van der Waals surface area contributed by atoms with Gasteiger partial charge in [-0.05, 0) is 37.0 Å². The second-order valence-electron chi connectivity index (χ2n) is 5.49. The molecule has 1 fully saturated rings. The minimum atomic E-state index is -0.264. The van der Waals surface area contributed by atoms with Crippen LogP contribution in [0.2, 0.25) is 0 Å². The summed E-state index contributed by atoms with van der Waals surface area (Å²) >= 11 is 0. The van der Waals surface area contributed by atoms with Crippen molar-refractivity contribution < 1.29 is 14.3 Å². The smallest absolute Gasteiger partial charge is 0.317 e. The molecule has 0 atom stereocenters. The van der Waals surface area contributed by atoms with Gasteiger partial charge in [-0.2, -0.15) is 0 Å². The predicted molar refractivity (Wildman–Crippen MR) is 83.6 cm³/mol. The van der Waals surface area contributed by atoms with Gasteiger partial charge in [0.2, 0.25) is 5.91 Å². The van der Waals surface area contributed by atoms with Crippen molar-refractivity contribution in [2.24, 2.45) is 11.7 Å². The number of nitrogens with zero attached hydrogens (tertiary/aromatic N) is 1. The van der Waals surface area contributed by atoms with Gasteiger partial charge in [0.05, 0.1) is 7.11 Å². The molecule has 0 unspecified atom stereocenters. The number of nitrogens with one attached hydrogen (secondary N) is 1. The van der Waals surface area contributed by atoms with Gasteiger partial charge in [0.1, 0.15) is 5.75 Å². The number of likely N-dealkylation sites (tertiary alicyclic amines) is 1. The second kappa shape index (κ2) is 7.68. The molecule has 22 heavy (non-hydrogen) atoms. The van der Waals surface area contributed by atoms with E-state index in [0.717, 1.165) is 17.7 Å². The number of hydrogen-bond acceptors (Lipinski definition) is 3. The lowest BCUT2D eigenvalue weighted by Gasteiger charge is -2.30. The van der Waals surface area contributed by atoms with E-state index in [4.69, 9.17) is 10.5 Å². The standard InChI is InChI=1S/C16H23N3O3/c1-22-14-4-2-12(3-5-14)6-9-18-16(21)19-10-7-13(8-11-19)15(17)20/h2-5,13H,6-11H2,1H3,(H2,17,20)(H,18,21). The molecule has 3 amide bonds. The molecule has 2 rings (SSSR count). The Morgan fingerprint density at radius 2 is 1.91 bits per heavy atom. The molecular weight excluding hydrogens is 282 g/mol. The lowest BCUT2D eigenvalue weighted by Crippen LogP contribution is -2.46. The van der Waals surface area contributed by atoms with E-state index < -0.39 is 0 Å². The van der Waals surface area contributed by atoms with Crippen LogP contribution in [0.5, 0.6) is 5.75 Å². The number of primary amides is 1. The Balaban J connectivity index is 1.70. The van der Waals surface area contributed by atoms with Crippen LogP contribution in [0.25, 0.3) is 0 Å². The average Bonchev–Trinajstić information content (AvgIpc) is 2.55. The van der Waals surface area contributed by atoms with E-state index in [1.807, 2.05) is 24.3 Å². The van der Waals surface area contributed by atoms with E-state index in [1.165, 1.54) is 0 Å². The van der Waals surface area contributed by atoms with Gasteiger partial charge in [0.15, 0.2) is 0 Å². The monoisotopic (exact) mass is 305 g/mol. The molecule has 0 spiro atoms. The SMILES string of the molecule is COc1ccc(CCNC(=O)N2CCC(C(N)=O)CC2)cc1. The number of urea groups is 1. The molecule has 0 aliphatic carbocycles. The van der Waals surface area contributed by atoms with E-state index >= 15 is 0 Å². The fourth-order valence-corrected chi connectivity index (χ4v) is 2.58. The summed E-state index contributed by atoms with van der Waals surface area (Å²) in [6, 6.07) is 7.72. The fraction of sp³-hybridized carbons (Fsp3) is 0.500. The fourth-order valence-electron chi connectivity index (χ4n) is 2.58. The topological polar surface area (TPSA) is 84.7 Å². The number of nitrogens with two attached hydrogens (primary N) is 1. The molecular formula is C16H23N3O3. The Morgan fingerprint density at radius 1 is 1.27 bits per heavy atom. The highest BCUT2D eigenvalue weighted by atomic mass is 16.5. The maximum atomic E-state index is 12.0. The molecule has 1 aromatic rings. The van der Waals surface area contributed by atoms with E-state index in [2.05, 4.69) is 5.32 Å². The van der Waals surface area contributed by atoms with Crippen LogP contribution in [0, 0.1) is 5.92 Å². The van der Waals surface area contributed by atoms with Crippen molar-refractivity contribution in [2.75, 3.05) is 26.7 Å². The van der Waals surface area contributed by atoms with Crippen molar-refractivity contribution in [1.29, 1.82) is 0 Å². The first-order valence-corrected chi connectivity index (χ1v) is 7.55. The van der Waals surface area contributed by atoms with Crippen LogP contribution in [-0.2, 0) is 11.2 Å². The highest BCUT2D eigenvalue weighted by molar-refractivity contribution is 5.78. The Hall–Kier alpha value is -2.24. The van der Waals surface area contributed by atoms with Gasteiger partial charge < -0.3 is 20.7 Å². The minimum Gasteiger partial charge on any atom is -0.497 e. The van der Waals surface area contributed by atoms with Gasteiger partial charge >= 0.3 is 6.03 Å². The predicted octanol–water partition coefficient (Wildman–Crippen LogP) is 1.14. The molecule has 0 bridgehead atoms. The molecule has 120 valence electrons. The first-order valence-electron chi connectivity index (χ1n) is 7.55. The molecule has 1 heterocycles. The van der Waals surface area contributed by atoms with Gasteiger partial charge in [0, 0.05) is 25.6 Å². The number of rotatable bonds is 5. The summed E-state index contributed by atoms with van der Waals surface area (Å²) in [6.45, 7) is 1.75. The van der Waals surface area contributed by atoms with Crippen molar-refractivity contribution in [3.05, 3.63) is 29.8 Å². The van der Waals surface area contributed by atoms with Crippen LogP contribution in [0.15, 0.2) is 24.3 Å². The summed E-state index contributed by atoms with van der Waals surface area (Å²) in [6.07, 6.45) is 2.08. The quantitative estimate of drug-likeness (QED) is 0.855. The number of methoxy groups -OCH3 is 1. The van der Waals surface area contributed by atoms with Gasteiger partial charge in [-0.25, -0.2) is 4.79 Å². The molecule has 0 aromatic heterocycles. The maximum absolute atomic E-state index is 12.0. The number of piperidine rings is 1. The number of carbonyl (C=O) groups excluding carboxylic acids is 2. The zero-order valence-corrected chi connectivity index (χ0v) is 12.9. The van der Waals surface area contributed by atoms with Crippen molar-refractivity contribution in [3.8, 4) is 5.75 Å². The van der Waals surface area contributed by atoms with Crippen molar-refractivity contribution in [3.63, 3.8) is 0 Å². The first kappa shape index (κ1) is 16.1. The summed E-state index contributed by atoms with van der Waals surface area (Å²) in [7, 11) is 1.64. The van der Waals surface area contributed by atoms with Crippen molar-refractivity contribution in [2.45, 2.75) is 19.3 Å². The highest BCUT2D eigenvalue weighted by Gasteiger charge is 2.25. The van der Waals surface area contributed by atoms with Gasteiger partial charge in [0.25, 0.3) is 0 Å². The van der Waals surface area contributed by atoms with Gasteiger partial charge in [-0.3, -0.25) is 4.79 Å². The normalized spacial score (nSPS) is 15.4. The molecule has 1 saturated heterocycles. The molecule has 1 aromatic carbocycles. The summed E-state index contributed by atoms with van der Waals surface area (Å²) in [5.41, 5.74) is 6.43. The summed E-state index contributed by atoms with van der Waals surface area (Å²) in [5, 5.41) is 2.91. The number of benzene rings is 1. The second-order valence-corrected chi connectivity index (χ2v) is 5.49. The van der Waals surface area contributed by atoms with E-state index in [0.29, 0.717) is 32.5 Å². The van der Waals surface area contributed by atoms with Crippen LogP contribution >= 0.6 is 0 Å². The molecule has 6 nitrogen and oxygen atoms in total. The third-order valence-corrected chi connectivity index (χ3v) is 4.03. The Labute approximate surface area is 130 Å². The maximum Gasteiger partial charge on any atom is 0.317 e. The van der Waals surface area contributed by atoms with E-state index in [-0.39, 0.29) is 17.9 Å². The van der Waals surface area contributed by atoms with Crippen molar-refractivity contribution >= 4 is 11.9 Å². The summed E-state index contributed by atoms with van der Waals surface area (Å²) in [5.74, 6) is 0.466. The number of amides is 3. The third-order valence-electron chi connectivity index (χ3n) is 4.03. The molecule has 3 N–H and O–H groups in total. The number of hydrogen-bond donors (Lipinski definition) is 2. The van der Waals surface area contributed by atoms with Gasteiger partial charge in [-0.15, -0.1) is 0 Å². The van der Waals surface area contributed by atoms with E-state index in [1.54, 1.807) is 12.0 Å².